The van der Waals surface area contributed by atoms with Gasteiger partial charge >= 0.3 is 0 Å². The maximum atomic E-state index is 11.9. The van der Waals surface area contributed by atoms with E-state index >= 15 is 0 Å². The molecule has 0 saturated carbocycles. The highest BCUT2D eigenvalue weighted by molar-refractivity contribution is 9.10. The highest BCUT2D eigenvalue weighted by atomic mass is 79.9. The third-order valence-electron chi connectivity index (χ3n) is 4.18. The van der Waals surface area contributed by atoms with E-state index in [1.54, 1.807) is 0 Å². The Labute approximate surface area is 146 Å². The van der Waals surface area contributed by atoms with Gasteiger partial charge in [0.1, 0.15) is 11.7 Å². The van der Waals surface area contributed by atoms with Crippen LogP contribution in [0.15, 0.2) is 20.5 Å². The zero-order chi connectivity index (χ0) is 16.1. The first-order valence-electron chi connectivity index (χ1n) is 7.30. The predicted molar refractivity (Wildman–Crippen MR) is 92.9 cm³/mol. The van der Waals surface area contributed by atoms with Crippen LogP contribution >= 0.6 is 27.5 Å². The van der Waals surface area contributed by atoms with Crippen molar-refractivity contribution in [2.45, 2.75) is 0 Å². The van der Waals surface area contributed by atoms with Gasteiger partial charge in [-0.3, -0.25) is 4.79 Å². The molecule has 0 N–H and O–H groups in total. The van der Waals surface area contributed by atoms with E-state index in [4.69, 9.17) is 11.6 Å². The average Bonchev–Trinajstić information content (AvgIpc) is 2.91. The smallest absolute Gasteiger partial charge is 0.267 e. The van der Waals surface area contributed by atoms with Crippen LogP contribution in [0, 0.1) is 0 Å². The average molecular weight is 398 g/mol. The summed E-state index contributed by atoms with van der Waals surface area (Å²) in [4.78, 5) is 31.4. The number of piperazine rings is 1. The highest BCUT2D eigenvalue weighted by Gasteiger charge is 2.37. The highest BCUT2D eigenvalue weighted by Crippen LogP contribution is 2.38. The molecular formula is C14H14BrClN6O. The summed E-state index contributed by atoms with van der Waals surface area (Å²) in [5.74, 6) is 1.69. The Kier molecular flexibility index (Phi) is 3.62. The fraction of sp³-hybridized carbons (Fsp3) is 0.429. The number of amidine groups is 2. The lowest BCUT2D eigenvalue weighted by molar-refractivity contribution is -0.115. The first-order valence-corrected chi connectivity index (χ1v) is 8.47. The van der Waals surface area contributed by atoms with E-state index in [9.17, 15) is 4.79 Å². The van der Waals surface area contributed by atoms with Crippen molar-refractivity contribution in [3.63, 3.8) is 0 Å². The monoisotopic (exact) mass is 396 g/mol. The van der Waals surface area contributed by atoms with Gasteiger partial charge in [0.25, 0.3) is 5.91 Å². The van der Waals surface area contributed by atoms with E-state index in [2.05, 4.69) is 47.7 Å². The van der Waals surface area contributed by atoms with Crippen molar-refractivity contribution < 1.29 is 4.79 Å². The molecule has 0 spiro atoms. The van der Waals surface area contributed by atoms with E-state index < -0.39 is 0 Å². The molecule has 9 heteroatoms. The molecule has 120 valence electrons. The number of carbonyl (C=O) groups excluding carboxylic acids is 1. The van der Waals surface area contributed by atoms with Crippen molar-refractivity contribution in [2.75, 3.05) is 44.7 Å². The van der Waals surface area contributed by atoms with Crippen molar-refractivity contribution >= 4 is 56.6 Å². The van der Waals surface area contributed by atoms with Crippen LogP contribution in [-0.4, -0.2) is 72.1 Å². The molecule has 1 aromatic heterocycles. The number of halogens is 2. The van der Waals surface area contributed by atoms with Crippen molar-refractivity contribution in [1.82, 2.24) is 14.8 Å². The lowest BCUT2D eigenvalue weighted by Gasteiger charge is -2.37. The number of amides is 1. The van der Waals surface area contributed by atoms with Gasteiger partial charge in [-0.1, -0.05) is 11.6 Å². The van der Waals surface area contributed by atoms with Crippen LogP contribution in [0.5, 0.6) is 0 Å². The summed E-state index contributed by atoms with van der Waals surface area (Å²) in [6, 6.07) is 1.84. The molecule has 1 aromatic rings. The van der Waals surface area contributed by atoms with Crippen molar-refractivity contribution in [3.05, 3.63) is 15.7 Å². The number of hydrogen-bond acceptors (Lipinski definition) is 6. The zero-order valence-electron chi connectivity index (χ0n) is 12.5. The Bertz CT molecular complexity index is 756. The number of aliphatic imine (C=N–C) groups is 2. The quantitative estimate of drug-likeness (QED) is 0.621. The molecule has 4 heterocycles. The molecule has 1 fully saturated rings. The first kappa shape index (κ1) is 15.0. The summed E-state index contributed by atoms with van der Waals surface area (Å²) in [5.41, 5.74) is 0.753. The van der Waals surface area contributed by atoms with Crippen molar-refractivity contribution in [3.8, 4) is 0 Å². The third-order valence-corrected chi connectivity index (χ3v) is 5.30. The minimum atomic E-state index is -0.166. The van der Waals surface area contributed by atoms with Gasteiger partial charge < -0.3 is 14.7 Å². The lowest BCUT2D eigenvalue weighted by atomic mass is 10.2. The molecule has 4 rings (SSSR count). The predicted octanol–water partition coefficient (Wildman–Crippen LogP) is 1.53. The largest absolute Gasteiger partial charge is 0.351 e. The number of fused-ring (bicyclic) bond motifs is 3. The molecule has 7 nitrogen and oxygen atoms in total. The van der Waals surface area contributed by atoms with E-state index in [1.807, 2.05) is 11.0 Å². The van der Waals surface area contributed by atoms with Gasteiger partial charge in [-0.25, -0.2) is 9.98 Å². The second-order valence-electron chi connectivity index (χ2n) is 5.74. The van der Waals surface area contributed by atoms with E-state index in [0.717, 1.165) is 31.9 Å². The second-order valence-corrected chi connectivity index (χ2v) is 6.96. The number of rotatable bonds is 0. The van der Waals surface area contributed by atoms with E-state index in [1.165, 1.54) is 0 Å². The molecule has 0 atom stereocenters. The molecule has 0 radical (unpaired) electrons. The fourth-order valence-electron chi connectivity index (χ4n) is 2.90. The minimum Gasteiger partial charge on any atom is -0.351 e. The second kappa shape index (κ2) is 5.54. The van der Waals surface area contributed by atoms with Crippen LogP contribution in [0.3, 0.4) is 0 Å². The molecule has 0 aliphatic carbocycles. The van der Waals surface area contributed by atoms with E-state index in [-0.39, 0.29) is 12.5 Å². The van der Waals surface area contributed by atoms with Gasteiger partial charge in [-0.05, 0) is 29.0 Å². The minimum absolute atomic E-state index is 0.166. The number of pyridine rings is 1. The number of anilines is 1. The van der Waals surface area contributed by atoms with Gasteiger partial charge in [-0.15, -0.1) is 0 Å². The Morgan fingerprint density at radius 2 is 1.91 bits per heavy atom. The zero-order valence-corrected chi connectivity index (χ0v) is 14.8. The summed E-state index contributed by atoms with van der Waals surface area (Å²) in [6.45, 7) is 3.79. The Morgan fingerprint density at radius 3 is 2.65 bits per heavy atom. The van der Waals surface area contributed by atoms with Crippen LogP contribution in [-0.2, 0) is 4.79 Å². The molecule has 1 amide bonds. The van der Waals surface area contributed by atoms with Crippen LogP contribution in [0.4, 0.5) is 11.5 Å². The van der Waals surface area contributed by atoms with Gasteiger partial charge in [0.2, 0.25) is 0 Å². The number of aromatic nitrogens is 1. The summed E-state index contributed by atoms with van der Waals surface area (Å²) in [7, 11) is 2.09. The number of hydrogen-bond donors (Lipinski definition) is 0. The standard InChI is InChI=1S/C14H14BrClN6O/c1-20-2-4-21(5-3-20)13-14-17-10(23)7-22(14)9-6-8(15)11(16)18-12(9)19-13/h6H,2-5,7H2,1H3. The first-order chi connectivity index (χ1) is 11.0. The number of carbonyl (C=O) groups is 1. The molecule has 0 aromatic carbocycles. The molecule has 1 saturated heterocycles. The normalized spacial score (nSPS) is 21.1. The molecule has 0 unspecified atom stereocenters. The Morgan fingerprint density at radius 1 is 1.17 bits per heavy atom. The summed E-state index contributed by atoms with van der Waals surface area (Å²) >= 11 is 9.48. The third kappa shape index (κ3) is 2.54. The van der Waals surface area contributed by atoms with Crippen molar-refractivity contribution in [1.29, 1.82) is 0 Å². The molecule has 3 aliphatic heterocycles. The summed E-state index contributed by atoms with van der Waals surface area (Å²) < 4.78 is 0.676. The number of likely N-dealkylation sites (N-methyl/N-ethyl adjacent to an activating group) is 1. The Balaban J connectivity index is 1.80. The van der Waals surface area contributed by atoms with Crippen LogP contribution < -0.4 is 4.90 Å². The maximum absolute atomic E-state index is 11.9. The fourth-order valence-corrected chi connectivity index (χ4v) is 3.34. The maximum Gasteiger partial charge on any atom is 0.267 e. The van der Waals surface area contributed by atoms with Gasteiger partial charge in [0, 0.05) is 26.2 Å². The lowest BCUT2D eigenvalue weighted by Crippen LogP contribution is -2.52. The molecular weight excluding hydrogens is 384 g/mol. The van der Waals surface area contributed by atoms with Gasteiger partial charge in [0.05, 0.1) is 10.2 Å². The van der Waals surface area contributed by atoms with Crippen LogP contribution in [0.2, 0.25) is 5.15 Å². The van der Waals surface area contributed by atoms with Crippen molar-refractivity contribution in [2.24, 2.45) is 9.98 Å². The topological polar surface area (TPSA) is 64.4 Å². The molecule has 0 bridgehead atoms. The SMILES string of the molecule is CN1CCN(C2=Nc3nc(Cl)c(Br)cc3N3CC(=O)N=C23)CC1. The summed E-state index contributed by atoms with van der Waals surface area (Å²) in [5, 5.41) is 0.358. The number of nitrogens with zero attached hydrogens (tertiary/aromatic N) is 6. The molecule has 3 aliphatic rings. The van der Waals surface area contributed by atoms with Crippen LogP contribution in [0.1, 0.15) is 0 Å². The van der Waals surface area contributed by atoms with Gasteiger partial charge in [0.15, 0.2) is 17.5 Å². The summed E-state index contributed by atoms with van der Waals surface area (Å²) in [6.07, 6.45) is 0. The Hall–Kier alpha value is -1.51. The van der Waals surface area contributed by atoms with E-state index in [0.29, 0.717) is 27.1 Å². The van der Waals surface area contributed by atoms with Crippen LogP contribution in [0.25, 0.3) is 0 Å². The van der Waals surface area contributed by atoms with Gasteiger partial charge in [-0.2, -0.15) is 4.99 Å². The molecule has 23 heavy (non-hydrogen) atoms.